The van der Waals surface area contributed by atoms with Gasteiger partial charge in [-0.2, -0.15) is 0 Å². The van der Waals surface area contributed by atoms with Crippen LogP contribution in [0, 0.1) is 5.82 Å². The van der Waals surface area contributed by atoms with Crippen LogP contribution >= 0.6 is 0 Å². The number of halogens is 1. The molecule has 0 aromatic heterocycles. The fourth-order valence-electron chi connectivity index (χ4n) is 2.47. The average molecular weight is 266 g/mol. The van der Waals surface area contributed by atoms with Crippen molar-refractivity contribution >= 4 is 0 Å². The molecule has 1 heterocycles. The highest BCUT2D eigenvalue weighted by Crippen LogP contribution is 2.10. The maximum absolute atomic E-state index is 12.9. The molecule has 0 amide bonds. The van der Waals surface area contributed by atoms with E-state index in [1.165, 1.54) is 24.1 Å². The lowest BCUT2D eigenvalue weighted by atomic mass is 10.2. The highest BCUT2D eigenvalue weighted by Gasteiger charge is 2.14. The van der Waals surface area contributed by atoms with Crippen molar-refractivity contribution < 1.29 is 9.13 Å². The Bertz CT molecular complexity index is 369. The minimum Gasteiger partial charge on any atom is -0.383 e. The third-order valence-electron chi connectivity index (χ3n) is 3.61. The Morgan fingerprint density at radius 1 is 1.05 bits per heavy atom. The summed E-state index contributed by atoms with van der Waals surface area (Å²) in [6, 6.07) is 6.84. The Morgan fingerprint density at radius 2 is 1.74 bits per heavy atom. The third-order valence-corrected chi connectivity index (χ3v) is 3.61. The second-order valence-electron chi connectivity index (χ2n) is 5.09. The number of nitrogens with zero attached hydrogens (tertiary/aromatic N) is 2. The van der Waals surface area contributed by atoms with Gasteiger partial charge in [0.05, 0.1) is 6.61 Å². The molecule has 0 bridgehead atoms. The average Bonchev–Trinajstić information content (AvgIpc) is 2.64. The van der Waals surface area contributed by atoms with Crippen molar-refractivity contribution in [2.24, 2.45) is 0 Å². The molecule has 4 heteroatoms. The van der Waals surface area contributed by atoms with Gasteiger partial charge in [-0.05, 0) is 37.2 Å². The number of hydrogen-bond donors (Lipinski definition) is 0. The summed E-state index contributed by atoms with van der Waals surface area (Å²) in [6.07, 6.45) is 1.19. The molecule has 0 unspecified atom stereocenters. The van der Waals surface area contributed by atoms with Crippen molar-refractivity contribution in [2.75, 3.05) is 46.4 Å². The fraction of sp³-hybridized carbons (Fsp3) is 0.600. The van der Waals surface area contributed by atoms with E-state index in [0.29, 0.717) is 0 Å². The molecule has 3 nitrogen and oxygen atoms in total. The predicted octanol–water partition coefficient (Wildman–Crippen LogP) is 1.98. The Balaban J connectivity index is 1.80. The lowest BCUT2D eigenvalue weighted by Crippen LogP contribution is -2.32. The normalized spacial score (nSPS) is 18.4. The van der Waals surface area contributed by atoms with Crippen molar-refractivity contribution in [2.45, 2.75) is 13.0 Å². The summed E-state index contributed by atoms with van der Waals surface area (Å²) in [5, 5.41) is 0. The number of methoxy groups -OCH3 is 1. The lowest BCUT2D eigenvalue weighted by molar-refractivity contribution is 0.149. The van der Waals surface area contributed by atoms with Crippen LogP contribution < -0.4 is 0 Å². The van der Waals surface area contributed by atoms with Crippen LogP contribution in [0.3, 0.4) is 0 Å². The van der Waals surface area contributed by atoms with Gasteiger partial charge in [0.1, 0.15) is 5.82 Å². The first-order valence-electron chi connectivity index (χ1n) is 6.96. The molecule has 1 aliphatic heterocycles. The van der Waals surface area contributed by atoms with Gasteiger partial charge >= 0.3 is 0 Å². The summed E-state index contributed by atoms with van der Waals surface area (Å²) in [5.74, 6) is -0.162. The molecule has 0 aliphatic carbocycles. The van der Waals surface area contributed by atoms with Crippen LogP contribution in [-0.2, 0) is 11.3 Å². The molecule has 0 spiro atoms. The Morgan fingerprint density at radius 3 is 2.47 bits per heavy atom. The molecular formula is C15H23FN2O. The minimum atomic E-state index is -0.162. The van der Waals surface area contributed by atoms with Gasteiger partial charge in [0, 0.05) is 33.3 Å². The summed E-state index contributed by atoms with van der Waals surface area (Å²) < 4.78 is 18.0. The van der Waals surface area contributed by atoms with E-state index in [0.717, 1.165) is 45.9 Å². The largest absolute Gasteiger partial charge is 0.383 e. The number of hydrogen-bond acceptors (Lipinski definition) is 3. The summed E-state index contributed by atoms with van der Waals surface area (Å²) in [4.78, 5) is 4.90. The first-order chi connectivity index (χ1) is 9.28. The van der Waals surface area contributed by atoms with Crippen LogP contribution in [-0.4, -0.2) is 56.2 Å². The first kappa shape index (κ1) is 14.4. The zero-order valence-electron chi connectivity index (χ0n) is 11.6. The fourth-order valence-corrected chi connectivity index (χ4v) is 2.47. The van der Waals surface area contributed by atoms with Crippen LogP contribution in [0.15, 0.2) is 24.3 Å². The molecule has 19 heavy (non-hydrogen) atoms. The monoisotopic (exact) mass is 266 g/mol. The van der Waals surface area contributed by atoms with E-state index in [2.05, 4.69) is 9.80 Å². The smallest absolute Gasteiger partial charge is 0.123 e. The quantitative estimate of drug-likeness (QED) is 0.810. The second-order valence-corrected chi connectivity index (χ2v) is 5.09. The topological polar surface area (TPSA) is 15.7 Å². The molecule has 1 fully saturated rings. The lowest BCUT2D eigenvalue weighted by Gasteiger charge is -2.21. The van der Waals surface area contributed by atoms with Crippen molar-refractivity contribution in [3.05, 3.63) is 35.6 Å². The van der Waals surface area contributed by atoms with Gasteiger partial charge < -0.3 is 4.74 Å². The van der Waals surface area contributed by atoms with E-state index in [4.69, 9.17) is 4.74 Å². The molecule has 0 radical (unpaired) electrons. The molecule has 106 valence electrons. The van der Waals surface area contributed by atoms with Gasteiger partial charge in [0.2, 0.25) is 0 Å². The molecule has 1 aromatic carbocycles. The van der Waals surface area contributed by atoms with Gasteiger partial charge in [-0.3, -0.25) is 9.80 Å². The molecule has 1 aliphatic rings. The zero-order chi connectivity index (χ0) is 13.5. The standard InChI is InChI=1S/C15H23FN2O/c1-19-12-11-17-7-2-8-18(10-9-17)13-14-3-5-15(16)6-4-14/h3-6H,2,7-13H2,1H3. The zero-order valence-corrected chi connectivity index (χ0v) is 11.6. The molecule has 1 aromatic rings. The highest BCUT2D eigenvalue weighted by molar-refractivity contribution is 5.15. The Labute approximate surface area is 115 Å². The van der Waals surface area contributed by atoms with Crippen LogP contribution in [0.1, 0.15) is 12.0 Å². The van der Waals surface area contributed by atoms with E-state index < -0.39 is 0 Å². The SMILES string of the molecule is COCCN1CCCN(Cc2ccc(F)cc2)CC1. The van der Waals surface area contributed by atoms with Crippen LogP contribution in [0.2, 0.25) is 0 Å². The van der Waals surface area contributed by atoms with E-state index in [9.17, 15) is 4.39 Å². The Kier molecular flexibility index (Phi) is 5.76. The van der Waals surface area contributed by atoms with Crippen molar-refractivity contribution in [3.8, 4) is 0 Å². The number of rotatable bonds is 5. The number of benzene rings is 1. The highest BCUT2D eigenvalue weighted by atomic mass is 19.1. The summed E-state index contributed by atoms with van der Waals surface area (Å²) in [6.45, 7) is 7.15. The van der Waals surface area contributed by atoms with Gasteiger partial charge in [-0.1, -0.05) is 12.1 Å². The van der Waals surface area contributed by atoms with Crippen molar-refractivity contribution in [1.29, 1.82) is 0 Å². The van der Waals surface area contributed by atoms with Gasteiger partial charge in [-0.25, -0.2) is 4.39 Å². The van der Waals surface area contributed by atoms with Gasteiger partial charge in [0.25, 0.3) is 0 Å². The minimum absolute atomic E-state index is 0.162. The van der Waals surface area contributed by atoms with E-state index >= 15 is 0 Å². The molecule has 1 saturated heterocycles. The predicted molar refractivity (Wildman–Crippen MR) is 74.6 cm³/mol. The third kappa shape index (κ3) is 4.90. The summed E-state index contributed by atoms with van der Waals surface area (Å²) >= 11 is 0. The summed E-state index contributed by atoms with van der Waals surface area (Å²) in [7, 11) is 1.75. The van der Waals surface area contributed by atoms with Crippen LogP contribution in [0.25, 0.3) is 0 Å². The molecule has 0 atom stereocenters. The van der Waals surface area contributed by atoms with Crippen molar-refractivity contribution in [3.63, 3.8) is 0 Å². The maximum atomic E-state index is 12.9. The molecule has 0 N–H and O–H groups in total. The number of ether oxygens (including phenoxy) is 1. The van der Waals surface area contributed by atoms with Gasteiger partial charge in [0.15, 0.2) is 0 Å². The van der Waals surface area contributed by atoms with E-state index in [-0.39, 0.29) is 5.82 Å². The summed E-state index contributed by atoms with van der Waals surface area (Å²) in [5.41, 5.74) is 1.19. The molecule has 0 saturated carbocycles. The van der Waals surface area contributed by atoms with Crippen LogP contribution in [0.5, 0.6) is 0 Å². The van der Waals surface area contributed by atoms with Crippen LogP contribution in [0.4, 0.5) is 4.39 Å². The second kappa shape index (κ2) is 7.58. The molecular weight excluding hydrogens is 243 g/mol. The van der Waals surface area contributed by atoms with E-state index in [1.54, 1.807) is 7.11 Å². The van der Waals surface area contributed by atoms with Gasteiger partial charge in [-0.15, -0.1) is 0 Å². The first-order valence-corrected chi connectivity index (χ1v) is 6.96. The van der Waals surface area contributed by atoms with Crippen molar-refractivity contribution in [1.82, 2.24) is 9.80 Å². The van der Waals surface area contributed by atoms with E-state index in [1.807, 2.05) is 12.1 Å². The maximum Gasteiger partial charge on any atom is 0.123 e. The Hall–Kier alpha value is -0.970. The molecule has 2 rings (SSSR count).